The van der Waals surface area contributed by atoms with Crippen molar-refractivity contribution in [3.63, 3.8) is 0 Å². The highest BCUT2D eigenvalue weighted by atomic mass is 16.6. The predicted octanol–water partition coefficient (Wildman–Crippen LogP) is 7.50. The Kier molecular flexibility index (Phi) is 10.5. The number of methoxy groups -OCH3 is 2. The third-order valence-electron chi connectivity index (χ3n) is 12.0. The summed E-state index contributed by atoms with van der Waals surface area (Å²) < 4.78 is 22.5. The van der Waals surface area contributed by atoms with Gasteiger partial charge in [-0.25, -0.2) is 19.6 Å². The van der Waals surface area contributed by atoms with E-state index in [-0.39, 0.29) is 42.0 Å². The number of carbonyl (C=O) groups excluding carboxylic acids is 3. The monoisotopic (exact) mass is 793 g/mol. The van der Waals surface area contributed by atoms with Crippen molar-refractivity contribution in [3.8, 4) is 39.4 Å². The average molecular weight is 794 g/mol. The summed E-state index contributed by atoms with van der Waals surface area (Å²) in [5.41, 5.74) is 8.73. The lowest BCUT2D eigenvalue weighted by Crippen LogP contribution is -2.52. The molecule has 2 saturated heterocycles. The van der Waals surface area contributed by atoms with E-state index in [4.69, 9.17) is 28.9 Å². The number of hydrogen-bond acceptors (Lipinski definition) is 9. The van der Waals surface area contributed by atoms with Gasteiger partial charge in [0, 0.05) is 42.4 Å². The summed E-state index contributed by atoms with van der Waals surface area (Å²) in [6, 6.07) is 9.60. The molecular formula is C44H55N7O7. The number of ether oxygens (including phenoxy) is 4. The number of fused-ring (bicyclic) bond motifs is 6. The van der Waals surface area contributed by atoms with Crippen LogP contribution in [-0.4, -0.2) is 92.9 Å². The van der Waals surface area contributed by atoms with Crippen molar-refractivity contribution in [2.45, 2.75) is 110 Å². The zero-order valence-corrected chi connectivity index (χ0v) is 34.7. The molecule has 8 rings (SSSR count). The van der Waals surface area contributed by atoms with E-state index in [0.29, 0.717) is 19.8 Å². The van der Waals surface area contributed by atoms with Gasteiger partial charge in [-0.2, -0.15) is 0 Å². The number of carbonyl (C=O) groups is 3. The Morgan fingerprint density at radius 2 is 1.79 bits per heavy atom. The second kappa shape index (κ2) is 15.4. The zero-order chi connectivity index (χ0) is 41.0. The molecule has 5 heterocycles. The van der Waals surface area contributed by atoms with Gasteiger partial charge in [0.1, 0.15) is 35.6 Å². The zero-order valence-electron chi connectivity index (χ0n) is 34.7. The highest BCUT2D eigenvalue weighted by molar-refractivity contribution is 5.87. The molecule has 14 nitrogen and oxygen atoms in total. The minimum absolute atomic E-state index is 0.000371. The fourth-order valence-corrected chi connectivity index (χ4v) is 9.13. The third kappa shape index (κ3) is 7.42. The Balaban J connectivity index is 1.03. The first-order chi connectivity index (χ1) is 27.7. The molecule has 5 atom stereocenters. The molecule has 4 aliphatic rings. The fourth-order valence-electron chi connectivity index (χ4n) is 9.13. The molecule has 14 heteroatoms. The molecule has 2 aromatic heterocycles. The molecule has 0 saturated carbocycles. The number of H-pyrrole nitrogens is 2. The SMILES string of the molecule is COC[C@H]1C[C@@H](c2ncc(-c3ccc4c(c3)COc3cc5c(cc3-4)CCc3[nH]c([C@@H]4CC[C@H](C)N4C(=O)C(NC(=O)OC)C(C)C)nc3-5)[nH]2)N(C(=O)OC(C)(C)C)C1. The van der Waals surface area contributed by atoms with Gasteiger partial charge in [0.05, 0.1) is 43.4 Å². The maximum absolute atomic E-state index is 14.0. The molecule has 3 N–H and O–H groups in total. The molecule has 3 aliphatic heterocycles. The summed E-state index contributed by atoms with van der Waals surface area (Å²) in [6.07, 6.45) is 4.86. The second-order valence-corrected chi connectivity index (χ2v) is 17.5. The Morgan fingerprint density at radius 1 is 0.983 bits per heavy atom. The van der Waals surface area contributed by atoms with Gasteiger partial charge in [0.15, 0.2) is 0 Å². The maximum atomic E-state index is 14.0. The number of imidazole rings is 2. The minimum atomic E-state index is -0.705. The van der Waals surface area contributed by atoms with E-state index in [1.54, 1.807) is 12.0 Å². The summed E-state index contributed by atoms with van der Waals surface area (Å²) >= 11 is 0. The Hall–Kier alpha value is -5.37. The van der Waals surface area contributed by atoms with Crippen LogP contribution in [0.25, 0.3) is 33.6 Å². The van der Waals surface area contributed by atoms with Crippen molar-refractivity contribution >= 4 is 18.1 Å². The average Bonchev–Trinajstić information content (AvgIpc) is 4.00. The Labute approximate surface area is 339 Å². The largest absolute Gasteiger partial charge is 0.488 e. The second-order valence-electron chi connectivity index (χ2n) is 17.5. The molecule has 0 bridgehead atoms. The standard InChI is InChI=1S/C44H55N7O7/c1-23(2)37(49-42(53)56-8)41(52)51-24(3)9-14-34(51)40-46-32-13-11-26-17-31-29-12-10-27(16-28(29)22-57-36(31)18-30(26)38(32)48-40)33-19-45-39(47-33)35-15-25(21-55-7)20-50(35)43(54)58-44(4,5)6/h10,12,16-19,23-25,34-35,37H,9,11,13-15,20-22H2,1-8H3,(H,45,47)(H,46,48)(H,49,53)/t24-,25-,34-,35-,37?/m0/s1. The fraction of sp³-hybridized carbons (Fsp3) is 0.523. The summed E-state index contributed by atoms with van der Waals surface area (Å²) in [4.78, 5) is 60.1. The van der Waals surface area contributed by atoms with Crippen LogP contribution in [0.15, 0.2) is 36.5 Å². The number of likely N-dealkylation sites (tertiary alicyclic amines) is 2. The molecule has 3 amide bonds. The first-order valence-corrected chi connectivity index (χ1v) is 20.5. The number of benzene rings is 2. The lowest BCUT2D eigenvalue weighted by molar-refractivity contribution is -0.137. The number of nitrogens with one attached hydrogen (secondary N) is 3. The van der Waals surface area contributed by atoms with E-state index in [1.165, 1.54) is 12.7 Å². The van der Waals surface area contributed by atoms with Crippen molar-refractivity contribution in [2.24, 2.45) is 11.8 Å². The summed E-state index contributed by atoms with van der Waals surface area (Å²) in [7, 11) is 2.99. The number of aromatic nitrogens is 4. The van der Waals surface area contributed by atoms with Gasteiger partial charge < -0.3 is 39.1 Å². The minimum Gasteiger partial charge on any atom is -0.488 e. The summed E-state index contributed by atoms with van der Waals surface area (Å²) in [5.74, 6) is 2.25. The predicted molar refractivity (Wildman–Crippen MR) is 217 cm³/mol. The maximum Gasteiger partial charge on any atom is 0.410 e. The van der Waals surface area contributed by atoms with Crippen LogP contribution in [0.3, 0.4) is 0 Å². The van der Waals surface area contributed by atoms with Crippen molar-refractivity contribution in [1.29, 1.82) is 0 Å². The van der Waals surface area contributed by atoms with Gasteiger partial charge in [-0.3, -0.25) is 9.69 Å². The molecule has 0 spiro atoms. The van der Waals surface area contributed by atoms with Crippen LogP contribution < -0.4 is 10.1 Å². The van der Waals surface area contributed by atoms with E-state index in [9.17, 15) is 14.4 Å². The molecule has 308 valence electrons. The van der Waals surface area contributed by atoms with Crippen LogP contribution >= 0.6 is 0 Å². The van der Waals surface area contributed by atoms with Gasteiger partial charge in [-0.15, -0.1) is 0 Å². The molecule has 1 unspecified atom stereocenters. The van der Waals surface area contributed by atoms with Crippen LogP contribution in [0.1, 0.15) is 101 Å². The summed E-state index contributed by atoms with van der Waals surface area (Å²) in [6.45, 7) is 13.0. The molecule has 2 fully saturated rings. The van der Waals surface area contributed by atoms with Crippen LogP contribution in [-0.2, 0) is 38.5 Å². The van der Waals surface area contributed by atoms with Gasteiger partial charge in [-0.1, -0.05) is 26.0 Å². The molecular weight excluding hydrogens is 739 g/mol. The first kappa shape index (κ1) is 39.5. The molecule has 0 radical (unpaired) electrons. The number of nitrogens with zero attached hydrogens (tertiary/aromatic N) is 4. The number of hydrogen-bond donors (Lipinski definition) is 3. The highest BCUT2D eigenvalue weighted by Gasteiger charge is 2.43. The smallest absolute Gasteiger partial charge is 0.410 e. The molecule has 58 heavy (non-hydrogen) atoms. The third-order valence-corrected chi connectivity index (χ3v) is 12.0. The van der Waals surface area contributed by atoms with E-state index in [2.05, 4.69) is 52.5 Å². The van der Waals surface area contributed by atoms with Crippen molar-refractivity contribution in [3.05, 3.63) is 65.0 Å². The van der Waals surface area contributed by atoms with Crippen LogP contribution in [0.5, 0.6) is 5.75 Å². The quantitative estimate of drug-likeness (QED) is 0.164. The van der Waals surface area contributed by atoms with Gasteiger partial charge in [-0.05, 0) is 106 Å². The normalized spacial score (nSPS) is 21.5. The van der Waals surface area contributed by atoms with Gasteiger partial charge in [0.25, 0.3) is 0 Å². The van der Waals surface area contributed by atoms with Gasteiger partial charge in [0.2, 0.25) is 5.91 Å². The Morgan fingerprint density at radius 3 is 2.53 bits per heavy atom. The topological polar surface area (TPSA) is 164 Å². The Bertz CT molecular complexity index is 2220. The number of aromatic amines is 2. The van der Waals surface area contributed by atoms with E-state index < -0.39 is 17.7 Å². The van der Waals surface area contributed by atoms with Gasteiger partial charge >= 0.3 is 12.2 Å². The number of amides is 3. The molecule has 4 aromatic rings. The van der Waals surface area contributed by atoms with Crippen LogP contribution in [0.4, 0.5) is 9.59 Å². The van der Waals surface area contributed by atoms with E-state index in [1.807, 2.05) is 45.7 Å². The molecule has 2 aromatic carbocycles. The van der Waals surface area contributed by atoms with Crippen molar-refractivity contribution in [1.82, 2.24) is 35.1 Å². The van der Waals surface area contributed by atoms with E-state index in [0.717, 1.165) is 94.4 Å². The van der Waals surface area contributed by atoms with E-state index >= 15 is 0 Å². The number of alkyl carbamates (subject to hydrolysis) is 1. The summed E-state index contributed by atoms with van der Waals surface area (Å²) in [5, 5.41) is 2.75. The highest BCUT2D eigenvalue weighted by Crippen LogP contribution is 2.46. The van der Waals surface area contributed by atoms with Crippen LogP contribution in [0, 0.1) is 11.8 Å². The number of rotatable bonds is 8. The van der Waals surface area contributed by atoms with Crippen molar-refractivity contribution < 1.29 is 33.3 Å². The molecule has 1 aliphatic carbocycles. The lowest BCUT2D eigenvalue weighted by atomic mass is 9.86. The first-order valence-electron chi connectivity index (χ1n) is 20.5. The van der Waals surface area contributed by atoms with Crippen molar-refractivity contribution in [2.75, 3.05) is 27.4 Å². The van der Waals surface area contributed by atoms with Crippen LogP contribution in [0.2, 0.25) is 0 Å². The number of aryl methyl sites for hydroxylation is 2. The lowest BCUT2D eigenvalue weighted by Gasteiger charge is -2.32.